The normalized spacial score (nSPS) is 26.1. The zero-order valence-electron chi connectivity index (χ0n) is 6.90. The van der Waals surface area contributed by atoms with E-state index in [9.17, 15) is 4.79 Å². The Hall–Kier alpha value is -1.38. The molecule has 1 atom stereocenters. The van der Waals surface area contributed by atoms with Crippen LogP contribution in [0.3, 0.4) is 0 Å². The molecule has 1 unspecified atom stereocenters. The maximum absolute atomic E-state index is 11.3. The Morgan fingerprint density at radius 1 is 1.58 bits per heavy atom. The van der Waals surface area contributed by atoms with E-state index in [1.807, 2.05) is 36.3 Å². The predicted molar refractivity (Wildman–Crippen MR) is 46.6 cm³/mol. The number of amides is 1. The molecule has 3 heteroatoms. The largest absolute Gasteiger partial charge is 0.320 e. The van der Waals surface area contributed by atoms with Crippen molar-refractivity contribution in [1.82, 2.24) is 4.90 Å². The van der Waals surface area contributed by atoms with Gasteiger partial charge in [0.2, 0.25) is 0 Å². The van der Waals surface area contributed by atoms with Gasteiger partial charge in [-0.1, -0.05) is 13.0 Å². The summed E-state index contributed by atoms with van der Waals surface area (Å²) in [5.74, 6) is 0.748. The van der Waals surface area contributed by atoms with E-state index in [0.29, 0.717) is 0 Å². The van der Waals surface area contributed by atoms with E-state index in [4.69, 9.17) is 0 Å². The molecule has 0 bridgehead atoms. The molecule has 0 N–H and O–H groups in total. The monoisotopic (exact) mass is 162 g/mol. The lowest BCUT2D eigenvalue weighted by atomic mass is 10.2. The first-order valence-electron chi connectivity index (χ1n) is 4.08. The maximum Gasteiger partial charge on any atom is 0.270 e. The van der Waals surface area contributed by atoms with Crippen LogP contribution in [0.5, 0.6) is 0 Å². The number of amidine groups is 1. The molecular weight excluding hydrogens is 152 g/mol. The molecule has 2 aliphatic heterocycles. The first-order valence-corrected chi connectivity index (χ1v) is 4.08. The van der Waals surface area contributed by atoms with Gasteiger partial charge in [-0.3, -0.25) is 4.79 Å². The summed E-state index contributed by atoms with van der Waals surface area (Å²) in [7, 11) is 0. The van der Waals surface area contributed by atoms with Crippen LogP contribution < -0.4 is 0 Å². The van der Waals surface area contributed by atoms with Crippen LogP contribution in [-0.2, 0) is 4.79 Å². The van der Waals surface area contributed by atoms with E-state index in [0.717, 1.165) is 12.3 Å². The fraction of sp³-hybridized carbons (Fsp3) is 0.333. The van der Waals surface area contributed by atoms with Crippen molar-refractivity contribution in [2.24, 2.45) is 4.99 Å². The molecular formula is C9H10N2O. The van der Waals surface area contributed by atoms with Gasteiger partial charge >= 0.3 is 0 Å². The molecule has 12 heavy (non-hydrogen) atoms. The van der Waals surface area contributed by atoms with Crippen LogP contribution in [0.2, 0.25) is 0 Å². The summed E-state index contributed by atoms with van der Waals surface area (Å²) in [5, 5.41) is 0. The summed E-state index contributed by atoms with van der Waals surface area (Å²) in [5.41, 5.74) is 0. The van der Waals surface area contributed by atoms with E-state index in [-0.39, 0.29) is 11.9 Å². The molecule has 0 spiro atoms. The van der Waals surface area contributed by atoms with Crippen molar-refractivity contribution in [3.8, 4) is 0 Å². The van der Waals surface area contributed by atoms with Crippen molar-refractivity contribution in [1.29, 1.82) is 0 Å². The molecule has 0 saturated carbocycles. The number of carbonyl (C=O) groups excluding carboxylic acids is 1. The van der Waals surface area contributed by atoms with Crippen molar-refractivity contribution < 1.29 is 4.79 Å². The van der Waals surface area contributed by atoms with Gasteiger partial charge in [0.15, 0.2) is 0 Å². The highest BCUT2D eigenvalue weighted by molar-refractivity contribution is 6.09. The van der Waals surface area contributed by atoms with Crippen molar-refractivity contribution in [2.45, 2.75) is 19.4 Å². The van der Waals surface area contributed by atoms with Crippen molar-refractivity contribution in [3.63, 3.8) is 0 Å². The molecule has 3 nitrogen and oxygen atoms in total. The van der Waals surface area contributed by atoms with Gasteiger partial charge in [-0.05, 0) is 18.6 Å². The highest BCUT2D eigenvalue weighted by Gasteiger charge is 2.31. The highest BCUT2D eigenvalue weighted by Crippen LogP contribution is 2.18. The number of hydrogen-bond donors (Lipinski definition) is 0. The average Bonchev–Trinajstić information content (AvgIpc) is 2.40. The molecule has 0 aromatic heterocycles. The van der Waals surface area contributed by atoms with Crippen LogP contribution in [0.15, 0.2) is 29.4 Å². The minimum atomic E-state index is -0.0683. The second-order valence-electron chi connectivity index (χ2n) is 2.84. The van der Waals surface area contributed by atoms with E-state index < -0.39 is 0 Å². The third kappa shape index (κ3) is 0.897. The summed E-state index contributed by atoms with van der Waals surface area (Å²) in [4.78, 5) is 17.1. The van der Waals surface area contributed by atoms with Crippen molar-refractivity contribution >= 4 is 11.7 Å². The minimum absolute atomic E-state index is 0.0244. The van der Waals surface area contributed by atoms with Gasteiger partial charge in [0.25, 0.3) is 5.91 Å². The number of nitrogens with zero attached hydrogens (tertiary/aromatic N) is 2. The SMILES string of the molecule is CCC1C(=O)N=C2C=CC=CN21. The van der Waals surface area contributed by atoms with Crippen LogP contribution in [0.25, 0.3) is 0 Å². The third-order valence-corrected chi connectivity index (χ3v) is 2.10. The van der Waals surface area contributed by atoms with Gasteiger partial charge in [-0.15, -0.1) is 0 Å². The topological polar surface area (TPSA) is 32.7 Å². The lowest BCUT2D eigenvalue weighted by molar-refractivity contribution is -0.119. The van der Waals surface area contributed by atoms with Crippen molar-refractivity contribution in [2.75, 3.05) is 0 Å². The Kier molecular flexibility index (Phi) is 1.57. The Bertz CT molecular complexity index is 302. The molecule has 1 amide bonds. The number of rotatable bonds is 1. The molecule has 62 valence electrons. The average molecular weight is 162 g/mol. The molecule has 0 aromatic rings. The van der Waals surface area contributed by atoms with Gasteiger partial charge in [-0.2, -0.15) is 4.99 Å². The van der Waals surface area contributed by atoms with Gasteiger partial charge in [0, 0.05) is 6.20 Å². The Labute approximate surface area is 71.1 Å². The third-order valence-electron chi connectivity index (χ3n) is 2.10. The zero-order valence-corrected chi connectivity index (χ0v) is 6.90. The summed E-state index contributed by atoms with van der Waals surface area (Å²) in [6.45, 7) is 1.99. The predicted octanol–water partition coefficient (Wildman–Crippen LogP) is 1.09. The first-order chi connectivity index (χ1) is 5.83. The summed E-state index contributed by atoms with van der Waals surface area (Å²) >= 11 is 0. The molecule has 2 aliphatic rings. The summed E-state index contributed by atoms with van der Waals surface area (Å²) < 4.78 is 0. The lowest BCUT2D eigenvalue weighted by Crippen LogP contribution is -2.33. The fourth-order valence-corrected chi connectivity index (χ4v) is 1.48. The number of hydrogen-bond acceptors (Lipinski definition) is 2. The fourth-order valence-electron chi connectivity index (χ4n) is 1.48. The molecule has 0 fully saturated rings. The van der Waals surface area contributed by atoms with Gasteiger partial charge in [0.1, 0.15) is 11.9 Å². The minimum Gasteiger partial charge on any atom is -0.320 e. The van der Waals surface area contributed by atoms with Gasteiger partial charge in [0.05, 0.1) is 0 Å². The lowest BCUT2D eigenvalue weighted by Gasteiger charge is -2.21. The number of fused-ring (bicyclic) bond motifs is 1. The van der Waals surface area contributed by atoms with Crippen LogP contribution in [-0.4, -0.2) is 22.7 Å². The molecule has 0 saturated heterocycles. The van der Waals surface area contributed by atoms with Crippen LogP contribution in [0.4, 0.5) is 0 Å². The van der Waals surface area contributed by atoms with E-state index in [1.165, 1.54) is 0 Å². The van der Waals surface area contributed by atoms with E-state index >= 15 is 0 Å². The van der Waals surface area contributed by atoms with Crippen LogP contribution >= 0.6 is 0 Å². The molecule has 0 radical (unpaired) electrons. The summed E-state index contributed by atoms with van der Waals surface area (Å²) in [6.07, 6.45) is 8.37. The van der Waals surface area contributed by atoms with E-state index in [2.05, 4.69) is 4.99 Å². The second kappa shape index (κ2) is 2.59. The highest BCUT2D eigenvalue weighted by atomic mass is 16.2. The number of aliphatic imine (C=N–C) groups is 1. The molecule has 2 rings (SSSR count). The zero-order chi connectivity index (χ0) is 8.55. The Morgan fingerprint density at radius 2 is 2.42 bits per heavy atom. The maximum atomic E-state index is 11.3. The Morgan fingerprint density at radius 3 is 3.17 bits per heavy atom. The molecule has 0 aromatic carbocycles. The van der Waals surface area contributed by atoms with E-state index in [1.54, 1.807) is 0 Å². The van der Waals surface area contributed by atoms with Crippen LogP contribution in [0, 0.1) is 0 Å². The van der Waals surface area contributed by atoms with Gasteiger partial charge in [-0.25, -0.2) is 0 Å². The van der Waals surface area contributed by atoms with Crippen molar-refractivity contribution in [3.05, 3.63) is 24.4 Å². The quantitative estimate of drug-likeness (QED) is 0.578. The summed E-state index contributed by atoms with van der Waals surface area (Å²) in [6, 6.07) is -0.0683. The smallest absolute Gasteiger partial charge is 0.270 e. The Balaban J connectivity index is 2.33. The molecule has 0 aliphatic carbocycles. The first kappa shape index (κ1) is 7.28. The van der Waals surface area contributed by atoms with Gasteiger partial charge < -0.3 is 4.90 Å². The second-order valence-corrected chi connectivity index (χ2v) is 2.84. The van der Waals surface area contributed by atoms with Crippen LogP contribution in [0.1, 0.15) is 13.3 Å². The number of allylic oxidation sites excluding steroid dienone is 2. The standard InChI is InChI=1S/C9H10N2O/c1-2-7-9(12)10-8-5-3-4-6-11(7)8/h3-7H,2H2,1H3. The number of carbonyl (C=O) groups is 1. The molecule has 2 heterocycles.